The number of hydrogen-bond donors (Lipinski definition) is 1. The second-order valence-corrected chi connectivity index (χ2v) is 7.54. The molecule has 5 rings (SSSR count). The molecule has 0 radical (unpaired) electrons. The molecule has 1 N–H and O–H groups in total. The highest BCUT2D eigenvalue weighted by Crippen LogP contribution is 2.53. The molecule has 24 heavy (non-hydrogen) atoms. The van der Waals surface area contributed by atoms with Crippen LogP contribution in [0.4, 0.5) is 0 Å². The molecule has 3 saturated carbocycles. The number of methoxy groups -OCH3 is 1. The SMILES string of the molecule is COc1ccc2nc(CCCCC[C@H]3C[C@H]4C[C@@H]3C4)c(O)nc2c1. The molecule has 1 aromatic carbocycles. The van der Waals surface area contributed by atoms with Gasteiger partial charge in [0, 0.05) is 6.07 Å². The monoisotopic (exact) mass is 326 g/mol. The molecule has 3 fully saturated rings. The van der Waals surface area contributed by atoms with Crippen molar-refractivity contribution in [1.29, 1.82) is 0 Å². The summed E-state index contributed by atoms with van der Waals surface area (Å²) in [4.78, 5) is 8.85. The van der Waals surface area contributed by atoms with Gasteiger partial charge in [-0.3, -0.25) is 0 Å². The summed E-state index contributed by atoms with van der Waals surface area (Å²) < 4.78 is 5.19. The van der Waals surface area contributed by atoms with E-state index >= 15 is 0 Å². The van der Waals surface area contributed by atoms with Gasteiger partial charge in [-0.05, 0) is 62.0 Å². The molecule has 4 heteroatoms. The Balaban J connectivity index is 1.30. The van der Waals surface area contributed by atoms with Crippen molar-refractivity contribution in [3.63, 3.8) is 0 Å². The van der Waals surface area contributed by atoms with Gasteiger partial charge in [0.2, 0.25) is 5.88 Å². The van der Waals surface area contributed by atoms with Gasteiger partial charge < -0.3 is 9.84 Å². The second-order valence-electron chi connectivity index (χ2n) is 7.54. The standard InChI is InChI=1S/C20H26N2O2/c1-24-16-7-8-17-19(12-16)22-20(23)18(21-17)6-4-2-3-5-14-9-13-10-15(14)11-13/h7-8,12-15H,2-6,9-11H2,1H3,(H,22,23)/t13-,14-,15+/m0/s1. The number of nitrogens with zero attached hydrogens (tertiary/aromatic N) is 2. The summed E-state index contributed by atoms with van der Waals surface area (Å²) in [7, 11) is 1.62. The molecular formula is C20H26N2O2. The first kappa shape index (κ1) is 15.7. The van der Waals surface area contributed by atoms with Crippen LogP contribution in [0.2, 0.25) is 0 Å². The topological polar surface area (TPSA) is 55.2 Å². The average Bonchev–Trinajstić information content (AvgIpc) is 3.13. The van der Waals surface area contributed by atoms with E-state index in [1.165, 1.54) is 38.5 Å². The zero-order valence-corrected chi connectivity index (χ0v) is 14.4. The molecule has 1 heterocycles. The van der Waals surface area contributed by atoms with Gasteiger partial charge in [-0.15, -0.1) is 0 Å². The Kier molecular flexibility index (Phi) is 4.30. The fourth-order valence-corrected chi connectivity index (χ4v) is 4.57. The third-order valence-corrected chi connectivity index (χ3v) is 5.99. The van der Waals surface area contributed by atoms with Crippen LogP contribution in [-0.4, -0.2) is 22.2 Å². The lowest BCUT2D eigenvalue weighted by Crippen LogP contribution is -2.14. The number of aromatic nitrogens is 2. The van der Waals surface area contributed by atoms with Crippen LogP contribution in [0.5, 0.6) is 11.6 Å². The molecule has 0 unspecified atom stereocenters. The largest absolute Gasteiger partial charge is 0.497 e. The molecule has 3 aliphatic carbocycles. The summed E-state index contributed by atoms with van der Waals surface area (Å²) in [5.41, 5.74) is 2.21. The minimum atomic E-state index is 0.0624. The van der Waals surface area contributed by atoms with E-state index in [9.17, 15) is 5.11 Å². The van der Waals surface area contributed by atoms with Crippen LogP contribution < -0.4 is 4.74 Å². The van der Waals surface area contributed by atoms with Crippen LogP contribution in [-0.2, 0) is 6.42 Å². The van der Waals surface area contributed by atoms with Crippen LogP contribution in [0.15, 0.2) is 18.2 Å². The van der Waals surface area contributed by atoms with Crippen molar-refractivity contribution in [2.75, 3.05) is 7.11 Å². The summed E-state index contributed by atoms with van der Waals surface area (Å²) in [6.07, 6.45) is 10.3. The van der Waals surface area contributed by atoms with Crippen molar-refractivity contribution in [2.45, 2.75) is 51.4 Å². The van der Waals surface area contributed by atoms with Crippen molar-refractivity contribution in [3.05, 3.63) is 23.9 Å². The predicted molar refractivity (Wildman–Crippen MR) is 94.2 cm³/mol. The summed E-state index contributed by atoms with van der Waals surface area (Å²) in [6.45, 7) is 0. The fourth-order valence-electron chi connectivity index (χ4n) is 4.57. The lowest BCUT2D eigenvalue weighted by atomic mass is 9.81. The van der Waals surface area contributed by atoms with Crippen molar-refractivity contribution in [3.8, 4) is 11.6 Å². The number of hydrogen-bond acceptors (Lipinski definition) is 4. The van der Waals surface area contributed by atoms with E-state index in [1.807, 2.05) is 12.1 Å². The van der Waals surface area contributed by atoms with E-state index in [1.54, 1.807) is 13.2 Å². The smallest absolute Gasteiger partial charge is 0.233 e. The maximum atomic E-state index is 10.1. The molecule has 4 nitrogen and oxygen atoms in total. The molecule has 0 saturated heterocycles. The van der Waals surface area contributed by atoms with Crippen LogP contribution >= 0.6 is 0 Å². The highest BCUT2D eigenvalue weighted by Gasteiger charge is 2.43. The molecule has 3 aliphatic rings. The van der Waals surface area contributed by atoms with Crippen LogP contribution in [0.3, 0.4) is 0 Å². The molecule has 1 atom stereocenters. The molecular weight excluding hydrogens is 300 g/mol. The molecule has 1 aromatic heterocycles. The number of aromatic hydroxyl groups is 1. The third kappa shape index (κ3) is 3.06. The van der Waals surface area contributed by atoms with Crippen molar-refractivity contribution >= 4 is 11.0 Å². The highest BCUT2D eigenvalue weighted by molar-refractivity contribution is 5.76. The third-order valence-electron chi connectivity index (χ3n) is 5.99. The van der Waals surface area contributed by atoms with Gasteiger partial charge in [-0.2, -0.15) is 0 Å². The number of aryl methyl sites for hydroxylation is 1. The molecule has 2 aromatic rings. The molecule has 128 valence electrons. The summed E-state index contributed by atoms with van der Waals surface area (Å²) in [5.74, 6) is 3.94. The Morgan fingerprint density at radius 1 is 1.08 bits per heavy atom. The maximum absolute atomic E-state index is 10.1. The lowest BCUT2D eigenvalue weighted by molar-refractivity contribution is 0.266. The van der Waals surface area contributed by atoms with E-state index in [2.05, 4.69) is 9.97 Å². The maximum Gasteiger partial charge on any atom is 0.233 e. The molecule has 0 amide bonds. The molecule has 2 bridgehead atoms. The normalized spacial score (nSPS) is 25.0. The van der Waals surface area contributed by atoms with Gasteiger partial charge >= 0.3 is 0 Å². The molecule has 0 spiro atoms. The fraction of sp³-hybridized carbons (Fsp3) is 0.600. The first-order valence-electron chi connectivity index (χ1n) is 9.26. The molecule has 0 aliphatic heterocycles. The Morgan fingerprint density at radius 3 is 2.71 bits per heavy atom. The van der Waals surface area contributed by atoms with Crippen LogP contribution in [0.1, 0.15) is 50.6 Å². The van der Waals surface area contributed by atoms with Crippen molar-refractivity contribution in [2.24, 2.45) is 17.8 Å². The van der Waals surface area contributed by atoms with Crippen LogP contribution in [0, 0.1) is 17.8 Å². The highest BCUT2D eigenvalue weighted by atomic mass is 16.5. The van der Waals surface area contributed by atoms with Crippen molar-refractivity contribution in [1.82, 2.24) is 9.97 Å². The van der Waals surface area contributed by atoms with E-state index in [0.717, 1.165) is 47.6 Å². The summed E-state index contributed by atoms with van der Waals surface area (Å²) in [5, 5.41) is 10.1. The minimum Gasteiger partial charge on any atom is -0.497 e. The second kappa shape index (κ2) is 6.58. The van der Waals surface area contributed by atoms with Gasteiger partial charge in [0.15, 0.2) is 0 Å². The van der Waals surface area contributed by atoms with E-state index in [4.69, 9.17) is 4.74 Å². The van der Waals surface area contributed by atoms with Crippen molar-refractivity contribution < 1.29 is 9.84 Å². The van der Waals surface area contributed by atoms with Gasteiger partial charge in [-0.1, -0.05) is 19.3 Å². The Morgan fingerprint density at radius 2 is 1.96 bits per heavy atom. The predicted octanol–water partition coefficient (Wildman–Crippen LogP) is 4.49. The quantitative estimate of drug-likeness (QED) is 0.762. The van der Waals surface area contributed by atoms with E-state index in [0.29, 0.717) is 5.52 Å². The number of unbranched alkanes of at least 4 members (excludes halogenated alkanes) is 2. The van der Waals surface area contributed by atoms with Gasteiger partial charge in [-0.25, -0.2) is 9.97 Å². The summed E-state index contributed by atoms with van der Waals surface area (Å²) in [6, 6.07) is 5.58. The van der Waals surface area contributed by atoms with E-state index < -0.39 is 0 Å². The minimum absolute atomic E-state index is 0.0624. The number of fused-ring (bicyclic) bond motifs is 2. The summed E-state index contributed by atoms with van der Waals surface area (Å²) >= 11 is 0. The van der Waals surface area contributed by atoms with Gasteiger partial charge in [0.1, 0.15) is 11.4 Å². The zero-order chi connectivity index (χ0) is 16.5. The Labute approximate surface area is 143 Å². The number of benzene rings is 1. The zero-order valence-electron chi connectivity index (χ0n) is 14.4. The van der Waals surface area contributed by atoms with Gasteiger partial charge in [0.25, 0.3) is 0 Å². The van der Waals surface area contributed by atoms with E-state index in [-0.39, 0.29) is 5.88 Å². The number of rotatable bonds is 7. The van der Waals surface area contributed by atoms with Gasteiger partial charge in [0.05, 0.1) is 18.1 Å². The Hall–Kier alpha value is -1.84. The lowest BCUT2D eigenvalue weighted by Gasteiger charge is -2.24. The average molecular weight is 326 g/mol. The Bertz CT molecular complexity index is 725. The van der Waals surface area contributed by atoms with Crippen LogP contribution in [0.25, 0.3) is 11.0 Å². The first-order valence-corrected chi connectivity index (χ1v) is 9.26. The number of ether oxygens (including phenoxy) is 1. The first-order chi connectivity index (χ1) is 11.7.